The third-order valence-electron chi connectivity index (χ3n) is 8.19. The molecule has 5 rings (SSSR count). The van der Waals surface area contributed by atoms with Crippen LogP contribution in [0.25, 0.3) is 0 Å². The highest BCUT2D eigenvalue weighted by molar-refractivity contribution is 6.00. The molecule has 1 aromatic carbocycles. The first-order chi connectivity index (χ1) is 17.1. The number of likely N-dealkylation sites (tertiary alicyclic amines) is 1. The van der Waals surface area contributed by atoms with Crippen molar-refractivity contribution in [1.29, 1.82) is 0 Å². The maximum absolute atomic E-state index is 14.1. The number of benzene rings is 1. The van der Waals surface area contributed by atoms with Gasteiger partial charge >= 0.3 is 0 Å². The fourth-order valence-electron chi connectivity index (χ4n) is 6.50. The second-order valence-corrected chi connectivity index (χ2v) is 10.9. The van der Waals surface area contributed by atoms with E-state index in [2.05, 4.69) is 0 Å². The maximum Gasteiger partial charge on any atom is 0.249 e. The van der Waals surface area contributed by atoms with Crippen LogP contribution < -0.4 is 0 Å². The maximum atomic E-state index is 14.1. The minimum absolute atomic E-state index is 0.0805. The van der Waals surface area contributed by atoms with Crippen LogP contribution in [0.4, 0.5) is 0 Å². The molecule has 0 radical (unpaired) electrons. The van der Waals surface area contributed by atoms with Crippen LogP contribution in [-0.4, -0.2) is 86.6 Å². The summed E-state index contributed by atoms with van der Waals surface area (Å²) < 4.78 is 6.78. The van der Waals surface area contributed by atoms with Gasteiger partial charge in [0.15, 0.2) is 0 Å². The zero-order valence-corrected chi connectivity index (χ0v) is 21.3. The van der Waals surface area contributed by atoms with Gasteiger partial charge in [-0.1, -0.05) is 54.6 Å². The highest BCUT2D eigenvalue weighted by Gasteiger charge is 2.75. The zero-order chi connectivity index (χ0) is 25.8. The van der Waals surface area contributed by atoms with Crippen molar-refractivity contribution in [3.05, 3.63) is 60.2 Å². The lowest BCUT2D eigenvalue weighted by Gasteiger charge is -2.40. The minimum atomic E-state index is -1.30. The van der Waals surface area contributed by atoms with Crippen molar-refractivity contribution in [1.82, 2.24) is 14.7 Å². The van der Waals surface area contributed by atoms with Crippen molar-refractivity contribution in [3.63, 3.8) is 0 Å². The van der Waals surface area contributed by atoms with E-state index in [4.69, 9.17) is 4.74 Å². The van der Waals surface area contributed by atoms with Crippen LogP contribution in [0.2, 0.25) is 0 Å². The van der Waals surface area contributed by atoms with Gasteiger partial charge in [0.05, 0.1) is 30.1 Å². The minimum Gasteiger partial charge on any atom is -0.394 e. The van der Waals surface area contributed by atoms with Gasteiger partial charge in [-0.25, -0.2) is 0 Å². The number of hydrogen-bond donors (Lipinski definition) is 1. The Morgan fingerprint density at radius 1 is 0.972 bits per heavy atom. The average molecular weight is 494 g/mol. The number of amides is 3. The molecule has 8 heteroatoms. The van der Waals surface area contributed by atoms with Gasteiger partial charge in [-0.15, -0.1) is 0 Å². The lowest BCUT2D eigenvalue weighted by Crippen LogP contribution is -2.59. The Labute approximate surface area is 212 Å². The topological polar surface area (TPSA) is 90.4 Å². The lowest BCUT2D eigenvalue weighted by atomic mass is 9.74. The number of ether oxygens (including phenoxy) is 1. The second kappa shape index (κ2) is 8.85. The molecule has 4 heterocycles. The predicted octanol–water partition coefficient (Wildman–Crippen LogP) is 1.74. The molecule has 1 spiro atoms. The molecule has 4 aliphatic heterocycles. The molecule has 6 atom stereocenters. The van der Waals surface area contributed by atoms with E-state index in [0.717, 1.165) is 5.56 Å². The van der Waals surface area contributed by atoms with Crippen LogP contribution >= 0.6 is 0 Å². The standard InChI is InChI=1S/C28H35N3O5/c1-18(2)30-15-9-13-28-22(25(34)31(19(3)17-32)23(28)26(30)35)21-24(33)29(14-8-12-27(21,4)36-28)16-20-10-6-5-7-11-20/h5-13,18-19,21-23,32H,14-17H2,1-4H3/t19-,21-,22+,23?,27+,28+/m1/s1. The first-order valence-electron chi connectivity index (χ1n) is 12.8. The largest absolute Gasteiger partial charge is 0.394 e. The van der Waals surface area contributed by atoms with Gasteiger partial charge in [-0.3, -0.25) is 14.4 Å². The van der Waals surface area contributed by atoms with Crippen molar-refractivity contribution < 1.29 is 24.2 Å². The van der Waals surface area contributed by atoms with E-state index < -0.39 is 35.1 Å². The number of carbonyl (C=O) groups excluding carboxylic acids is 3. The van der Waals surface area contributed by atoms with E-state index in [1.54, 1.807) is 16.7 Å². The fourth-order valence-corrected chi connectivity index (χ4v) is 6.50. The summed E-state index contributed by atoms with van der Waals surface area (Å²) in [5.41, 5.74) is -1.34. The number of fused-ring (bicyclic) bond motifs is 2. The third kappa shape index (κ3) is 3.53. The van der Waals surface area contributed by atoms with Gasteiger partial charge in [0.2, 0.25) is 17.7 Å². The highest BCUT2D eigenvalue weighted by Crippen LogP contribution is 2.57. The van der Waals surface area contributed by atoms with Gasteiger partial charge < -0.3 is 24.5 Å². The van der Waals surface area contributed by atoms with Crippen molar-refractivity contribution in [2.24, 2.45) is 11.8 Å². The van der Waals surface area contributed by atoms with Crippen LogP contribution in [-0.2, 0) is 25.7 Å². The fraction of sp³-hybridized carbons (Fsp3) is 0.536. The Balaban J connectivity index is 1.61. The first kappa shape index (κ1) is 24.7. The van der Waals surface area contributed by atoms with E-state index in [0.29, 0.717) is 19.6 Å². The Kier molecular flexibility index (Phi) is 6.08. The van der Waals surface area contributed by atoms with Gasteiger partial charge in [0, 0.05) is 25.7 Å². The smallest absolute Gasteiger partial charge is 0.249 e. The first-order valence-corrected chi connectivity index (χ1v) is 12.8. The molecule has 36 heavy (non-hydrogen) atoms. The summed E-state index contributed by atoms with van der Waals surface area (Å²) in [5.74, 6) is -2.37. The van der Waals surface area contributed by atoms with E-state index >= 15 is 0 Å². The molecule has 192 valence electrons. The van der Waals surface area contributed by atoms with E-state index in [1.807, 2.05) is 75.4 Å². The quantitative estimate of drug-likeness (QED) is 0.631. The molecule has 0 aliphatic carbocycles. The van der Waals surface area contributed by atoms with Crippen molar-refractivity contribution in [3.8, 4) is 0 Å². The van der Waals surface area contributed by atoms with E-state index in [-0.39, 0.29) is 30.4 Å². The zero-order valence-electron chi connectivity index (χ0n) is 21.3. The second-order valence-electron chi connectivity index (χ2n) is 10.9. The summed E-state index contributed by atoms with van der Waals surface area (Å²) in [6.07, 6.45) is 7.54. The molecule has 2 saturated heterocycles. The van der Waals surface area contributed by atoms with Gasteiger partial charge in [0.25, 0.3) is 0 Å². The molecule has 1 aromatic rings. The Bertz CT molecular complexity index is 1120. The summed E-state index contributed by atoms with van der Waals surface area (Å²) >= 11 is 0. The monoisotopic (exact) mass is 493 g/mol. The number of carbonyl (C=O) groups is 3. The molecule has 1 N–H and O–H groups in total. The highest BCUT2D eigenvalue weighted by atomic mass is 16.5. The van der Waals surface area contributed by atoms with Crippen LogP contribution in [0.5, 0.6) is 0 Å². The molecule has 4 aliphatic rings. The summed E-state index contributed by atoms with van der Waals surface area (Å²) in [6, 6.07) is 8.13. The summed E-state index contributed by atoms with van der Waals surface area (Å²) in [7, 11) is 0. The molecule has 3 amide bonds. The Morgan fingerprint density at radius 2 is 1.67 bits per heavy atom. The lowest BCUT2D eigenvalue weighted by molar-refractivity contribution is -0.156. The van der Waals surface area contributed by atoms with Crippen LogP contribution in [0.1, 0.15) is 33.3 Å². The van der Waals surface area contributed by atoms with E-state index in [1.165, 1.54) is 4.90 Å². The number of aliphatic hydroxyl groups is 1. The van der Waals surface area contributed by atoms with E-state index in [9.17, 15) is 19.5 Å². The third-order valence-corrected chi connectivity index (χ3v) is 8.19. The molecular weight excluding hydrogens is 458 g/mol. The summed E-state index contributed by atoms with van der Waals surface area (Å²) in [6.45, 7) is 8.38. The Hall–Kier alpha value is -2.97. The number of hydrogen-bond acceptors (Lipinski definition) is 5. The average Bonchev–Trinajstić information content (AvgIpc) is 3.13. The number of rotatable bonds is 5. The predicted molar refractivity (Wildman–Crippen MR) is 133 cm³/mol. The van der Waals surface area contributed by atoms with Gasteiger partial charge in [0.1, 0.15) is 11.6 Å². The van der Waals surface area contributed by atoms with Crippen molar-refractivity contribution in [2.75, 3.05) is 19.7 Å². The molecule has 0 bridgehead atoms. The molecule has 2 fully saturated rings. The number of nitrogens with zero attached hydrogens (tertiary/aromatic N) is 3. The molecule has 8 nitrogen and oxygen atoms in total. The SMILES string of the molecule is CC(C)N1CC=C[C@]23O[C@@]4(C)C=CCN(Cc5ccccc5)C(=O)[C@H]4[C@H]2C(=O)N([C@H](C)CO)C3C1=O. The molecule has 0 saturated carbocycles. The Morgan fingerprint density at radius 3 is 2.33 bits per heavy atom. The van der Waals surface area contributed by atoms with Crippen molar-refractivity contribution >= 4 is 17.7 Å². The van der Waals surface area contributed by atoms with Gasteiger partial charge in [-0.2, -0.15) is 0 Å². The number of aliphatic hydroxyl groups excluding tert-OH is 1. The normalized spacial score (nSPS) is 34.6. The van der Waals surface area contributed by atoms with Crippen LogP contribution in [0.15, 0.2) is 54.6 Å². The summed E-state index contributed by atoms with van der Waals surface area (Å²) in [4.78, 5) is 47.2. The van der Waals surface area contributed by atoms with Gasteiger partial charge in [-0.05, 0) is 33.3 Å². The molecule has 0 aromatic heterocycles. The van der Waals surface area contributed by atoms with Crippen LogP contribution in [0.3, 0.4) is 0 Å². The molecule has 1 unspecified atom stereocenters. The van der Waals surface area contributed by atoms with Crippen LogP contribution in [0, 0.1) is 11.8 Å². The summed E-state index contributed by atoms with van der Waals surface area (Å²) in [5, 5.41) is 10.0. The van der Waals surface area contributed by atoms with Crippen molar-refractivity contribution in [2.45, 2.75) is 63.6 Å². The molecular formula is C28H35N3O5.